The summed E-state index contributed by atoms with van der Waals surface area (Å²) in [5.41, 5.74) is 2.94. The first-order valence-electron chi connectivity index (χ1n) is 7.21. The van der Waals surface area contributed by atoms with Gasteiger partial charge in [-0.25, -0.2) is 4.98 Å². The number of halogens is 1. The third-order valence-electron chi connectivity index (χ3n) is 3.70. The minimum atomic E-state index is 0.510. The lowest BCUT2D eigenvalue weighted by Gasteiger charge is -2.02. The van der Waals surface area contributed by atoms with Gasteiger partial charge >= 0.3 is 0 Å². The Hall–Kier alpha value is -2.47. The zero-order chi connectivity index (χ0) is 15.8. The van der Waals surface area contributed by atoms with Crippen LogP contribution in [-0.2, 0) is 6.54 Å². The average molecular weight is 369 g/mol. The number of para-hydroxylation sites is 2. The molecule has 0 saturated carbocycles. The molecule has 114 valence electrons. The van der Waals surface area contributed by atoms with Crippen LogP contribution in [0.3, 0.4) is 0 Å². The fourth-order valence-corrected chi connectivity index (χ4v) is 2.82. The van der Waals surface area contributed by atoms with E-state index < -0.39 is 0 Å². The van der Waals surface area contributed by atoms with E-state index in [2.05, 4.69) is 35.7 Å². The number of benzene rings is 2. The molecule has 0 amide bonds. The molecular weight excluding hydrogens is 356 g/mol. The quantitative estimate of drug-likeness (QED) is 0.543. The third kappa shape index (κ3) is 2.66. The van der Waals surface area contributed by atoms with Gasteiger partial charge in [-0.15, -0.1) is 10.2 Å². The number of imidazole rings is 1. The summed E-state index contributed by atoms with van der Waals surface area (Å²) < 4.78 is 8.89. The summed E-state index contributed by atoms with van der Waals surface area (Å²) in [6, 6.07) is 15.8. The summed E-state index contributed by atoms with van der Waals surface area (Å²) >= 11 is 3.42. The zero-order valence-corrected chi connectivity index (χ0v) is 14.0. The van der Waals surface area contributed by atoms with Crippen molar-refractivity contribution in [3.05, 3.63) is 64.7 Å². The van der Waals surface area contributed by atoms with Gasteiger partial charge in [-0.05, 0) is 43.3 Å². The number of rotatable bonds is 3. The number of fused-ring (bicyclic) bond motifs is 1. The molecule has 0 aliphatic carbocycles. The number of hydrogen-bond donors (Lipinski definition) is 0. The van der Waals surface area contributed by atoms with E-state index in [1.165, 1.54) is 0 Å². The monoisotopic (exact) mass is 368 g/mol. The van der Waals surface area contributed by atoms with Gasteiger partial charge in [0.2, 0.25) is 11.8 Å². The van der Waals surface area contributed by atoms with Crippen LogP contribution in [0, 0.1) is 6.92 Å². The second kappa shape index (κ2) is 5.62. The SMILES string of the molecule is Cc1nc2ccccc2n1Cc1nnc(-c2ccc(Br)cc2)o1. The van der Waals surface area contributed by atoms with E-state index >= 15 is 0 Å². The van der Waals surface area contributed by atoms with Crippen LogP contribution in [0.15, 0.2) is 57.4 Å². The van der Waals surface area contributed by atoms with Gasteiger partial charge in [0, 0.05) is 10.0 Å². The molecule has 0 bridgehead atoms. The van der Waals surface area contributed by atoms with Crippen LogP contribution in [0.1, 0.15) is 11.7 Å². The second-order valence-corrected chi connectivity index (χ2v) is 6.16. The molecule has 0 unspecified atom stereocenters. The van der Waals surface area contributed by atoms with Crippen LogP contribution in [-0.4, -0.2) is 19.7 Å². The number of nitrogens with zero attached hydrogens (tertiary/aromatic N) is 4. The highest BCUT2D eigenvalue weighted by atomic mass is 79.9. The van der Waals surface area contributed by atoms with Crippen molar-refractivity contribution in [1.29, 1.82) is 0 Å². The summed E-state index contributed by atoms with van der Waals surface area (Å²) in [7, 11) is 0. The normalized spacial score (nSPS) is 11.2. The zero-order valence-electron chi connectivity index (χ0n) is 12.4. The lowest BCUT2D eigenvalue weighted by Crippen LogP contribution is -2.02. The Balaban J connectivity index is 1.67. The van der Waals surface area contributed by atoms with Crippen molar-refractivity contribution < 1.29 is 4.42 Å². The molecule has 2 heterocycles. The maximum absolute atomic E-state index is 5.80. The van der Waals surface area contributed by atoms with Gasteiger partial charge in [0.15, 0.2) is 0 Å². The predicted octanol–water partition coefficient (Wildman–Crippen LogP) is 4.21. The van der Waals surface area contributed by atoms with E-state index in [1.54, 1.807) is 0 Å². The molecule has 23 heavy (non-hydrogen) atoms. The molecule has 0 spiro atoms. The minimum absolute atomic E-state index is 0.510. The van der Waals surface area contributed by atoms with Gasteiger partial charge in [0.25, 0.3) is 0 Å². The van der Waals surface area contributed by atoms with Gasteiger partial charge in [0.1, 0.15) is 12.4 Å². The number of aromatic nitrogens is 4. The number of aryl methyl sites for hydroxylation is 1. The Morgan fingerprint density at radius 3 is 2.65 bits per heavy atom. The Morgan fingerprint density at radius 2 is 1.83 bits per heavy atom. The molecule has 4 rings (SSSR count). The maximum Gasteiger partial charge on any atom is 0.247 e. The lowest BCUT2D eigenvalue weighted by atomic mass is 10.2. The summed E-state index contributed by atoms with van der Waals surface area (Å²) in [4.78, 5) is 4.55. The molecule has 0 aliphatic heterocycles. The second-order valence-electron chi connectivity index (χ2n) is 5.24. The van der Waals surface area contributed by atoms with Gasteiger partial charge in [0.05, 0.1) is 11.0 Å². The molecule has 0 N–H and O–H groups in total. The summed E-state index contributed by atoms with van der Waals surface area (Å²) in [5, 5.41) is 8.30. The van der Waals surface area contributed by atoms with Crippen LogP contribution >= 0.6 is 15.9 Å². The summed E-state index contributed by atoms with van der Waals surface area (Å²) in [6.07, 6.45) is 0. The van der Waals surface area contributed by atoms with Crippen LogP contribution < -0.4 is 0 Å². The largest absolute Gasteiger partial charge is 0.419 e. The standard InChI is InChI=1S/C17H13BrN4O/c1-11-19-14-4-2-3-5-15(14)22(11)10-16-20-21-17(23-16)12-6-8-13(18)9-7-12/h2-9H,10H2,1H3. The van der Waals surface area contributed by atoms with Crippen LogP contribution in [0.25, 0.3) is 22.5 Å². The molecule has 0 saturated heterocycles. The fraction of sp³-hybridized carbons (Fsp3) is 0.118. The van der Waals surface area contributed by atoms with Gasteiger partial charge in [-0.1, -0.05) is 28.1 Å². The van der Waals surface area contributed by atoms with E-state index in [-0.39, 0.29) is 0 Å². The Morgan fingerprint density at radius 1 is 1.04 bits per heavy atom. The molecular formula is C17H13BrN4O. The minimum Gasteiger partial charge on any atom is -0.419 e. The Labute approximate surface area is 141 Å². The van der Waals surface area contributed by atoms with Crippen molar-refractivity contribution in [3.8, 4) is 11.5 Å². The smallest absolute Gasteiger partial charge is 0.247 e. The van der Waals surface area contributed by atoms with E-state index in [0.29, 0.717) is 18.3 Å². The lowest BCUT2D eigenvalue weighted by molar-refractivity contribution is 0.488. The third-order valence-corrected chi connectivity index (χ3v) is 4.23. The highest BCUT2D eigenvalue weighted by molar-refractivity contribution is 9.10. The first kappa shape index (κ1) is 14.1. The van der Waals surface area contributed by atoms with Crippen molar-refractivity contribution in [2.24, 2.45) is 0 Å². The van der Waals surface area contributed by atoms with Crippen molar-refractivity contribution in [2.75, 3.05) is 0 Å². The molecule has 5 nitrogen and oxygen atoms in total. The summed E-state index contributed by atoms with van der Waals surface area (Å²) in [6.45, 7) is 2.49. The van der Waals surface area contributed by atoms with E-state index in [9.17, 15) is 0 Å². The maximum atomic E-state index is 5.80. The van der Waals surface area contributed by atoms with E-state index in [0.717, 1.165) is 26.9 Å². The van der Waals surface area contributed by atoms with Gasteiger partial charge in [-0.2, -0.15) is 0 Å². The first-order valence-corrected chi connectivity index (χ1v) is 8.00. The fourth-order valence-electron chi connectivity index (χ4n) is 2.56. The Bertz CT molecular complexity index is 972. The molecule has 0 radical (unpaired) electrons. The van der Waals surface area contributed by atoms with Crippen LogP contribution in [0.4, 0.5) is 0 Å². The summed E-state index contributed by atoms with van der Waals surface area (Å²) in [5.74, 6) is 2.01. The highest BCUT2D eigenvalue weighted by Crippen LogP contribution is 2.22. The topological polar surface area (TPSA) is 56.7 Å². The van der Waals surface area contributed by atoms with Gasteiger partial charge in [-0.3, -0.25) is 0 Å². The highest BCUT2D eigenvalue weighted by Gasteiger charge is 2.12. The molecule has 4 aromatic rings. The van der Waals surface area contributed by atoms with Crippen molar-refractivity contribution >= 4 is 27.0 Å². The molecule has 0 atom stereocenters. The van der Waals surface area contributed by atoms with Crippen LogP contribution in [0.5, 0.6) is 0 Å². The van der Waals surface area contributed by atoms with E-state index in [1.807, 2.05) is 55.5 Å². The molecule has 0 fully saturated rings. The Kier molecular flexibility index (Phi) is 3.46. The van der Waals surface area contributed by atoms with E-state index in [4.69, 9.17) is 4.42 Å². The van der Waals surface area contributed by atoms with Crippen molar-refractivity contribution in [2.45, 2.75) is 13.5 Å². The number of hydrogen-bond acceptors (Lipinski definition) is 4. The molecule has 6 heteroatoms. The molecule has 2 aromatic heterocycles. The molecule has 0 aliphatic rings. The first-order chi connectivity index (χ1) is 11.2. The van der Waals surface area contributed by atoms with Crippen LogP contribution in [0.2, 0.25) is 0 Å². The van der Waals surface area contributed by atoms with Crippen molar-refractivity contribution in [1.82, 2.24) is 19.7 Å². The van der Waals surface area contributed by atoms with Gasteiger partial charge < -0.3 is 8.98 Å². The van der Waals surface area contributed by atoms with Crippen molar-refractivity contribution in [3.63, 3.8) is 0 Å². The molecule has 2 aromatic carbocycles. The average Bonchev–Trinajstić information content (AvgIpc) is 3.14. The predicted molar refractivity (Wildman–Crippen MR) is 91.0 cm³/mol.